The summed E-state index contributed by atoms with van der Waals surface area (Å²) >= 11 is 0. The average Bonchev–Trinajstić information content (AvgIpc) is 2.87. The SMILES string of the molecule is CCCC(OCC)c1noc(C2(CN)CCCCCC2)n1. The van der Waals surface area contributed by atoms with Gasteiger partial charge in [0, 0.05) is 13.2 Å². The summed E-state index contributed by atoms with van der Waals surface area (Å²) in [5.41, 5.74) is 5.96. The number of hydrogen-bond donors (Lipinski definition) is 1. The molecule has 1 heterocycles. The maximum atomic E-state index is 6.08. The van der Waals surface area contributed by atoms with Gasteiger partial charge in [0.05, 0.1) is 5.41 Å². The maximum Gasteiger partial charge on any atom is 0.234 e. The van der Waals surface area contributed by atoms with Crippen molar-refractivity contribution in [2.45, 2.75) is 76.7 Å². The van der Waals surface area contributed by atoms with Crippen molar-refractivity contribution in [3.8, 4) is 0 Å². The van der Waals surface area contributed by atoms with E-state index >= 15 is 0 Å². The Kier molecular flexibility index (Phi) is 6.18. The lowest BCUT2D eigenvalue weighted by molar-refractivity contribution is 0.0477. The summed E-state index contributed by atoms with van der Waals surface area (Å²) in [4.78, 5) is 4.67. The van der Waals surface area contributed by atoms with Gasteiger partial charge in [0.2, 0.25) is 11.7 Å². The zero-order valence-electron chi connectivity index (χ0n) is 13.4. The number of ether oxygens (including phenoxy) is 1. The molecule has 21 heavy (non-hydrogen) atoms. The van der Waals surface area contributed by atoms with E-state index in [0.29, 0.717) is 19.0 Å². The maximum absolute atomic E-state index is 6.08. The fraction of sp³-hybridized carbons (Fsp3) is 0.875. The second-order valence-corrected chi connectivity index (χ2v) is 6.09. The van der Waals surface area contributed by atoms with Crippen LogP contribution in [-0.4, -0.2) is 23.3 Å². The van der Waals surface area contributed by atoms with Gasteiger partial charge >= 0.3 is 0 Å². The van der Waals surface area contributed by atoms with Gasteiger partial charge < -0.3 is 15.0 Å². The minimum atomic E-state index is -0.120. The highest BCUT2D eigenvalue weighted by atomic mass is 16.5. The monoisotopic (exact) mass is 295 g/mol. The first-order valence-electron chi connectivity index (χ1n) is 8.41. The normalized spacial score (nSPS) is 20.1. The fourth-order valence-corrected chi connectivity index (χ4v) is 3.24. The lowest BCUT2D eigenvalue weighted by Crippen LogP contribution is -2.35. The molecule has 0 aromatic carbocycles. The van der Waals surface area contributed by atoms with Gasteiger partial charge in [0.1, 0.15) is 6.10 Å². The third-order valence-electron chi connectivity index (χ3n) is 4.55. The zero-order chi connectivity index (χ0) is 15.1. The van der Waals surface area contributed by atoms with Crippen molar-refractivity contribution in [2.75, 3.05) is 13.2 Å². The Morgan fingerprint density at radius 3 is 2.52 bits per heavy atom. The van der Waals surface area contributed by atoms with E-state index in [1.54, 1.807) is 0 Å². The van der Waals surface area contributed by atoms with Crippen LogP contribution in [0.1, 0.15) is 83.0 Å². The van der Waals surface area contributed by atoms with E-state index in [2.05, 4.69) is 17.1 Å². The standard InChI is InChI=1S/C16H29N3O2/c1-3-9-13(20-4-2)14-18-15(21-19-14)16(12-17)10-7-5-6-8-11-16/h13H,3-12,17H2,1-2H3. The molecule has 1 aromatic heterocycles. The Bertz CT molecular complexity index is 405. The van der Waals surface area contributed by atoms with E-state index in [1.165, 1.54) is 25.7 Å². The minimum absolute atomic E-state index is 0.0573. The van der Waals surface area contributed by atoms with Crippen LogP contribution in [-0.2, 0) is 10.2 Å². The van der Waals surface area contributed by atoms with Crippen LogP contribution < -0.4 is 5.73 Å². The van der Waals surface area contributed by atoms with E-state index in [0.717, 1.165) is 31.6 Å². The van der Waals surface area contributed by atoms with E-state index in [4.69, 9.17) is 15.0 Å². The van der Waals surface area contributed by atoms with Crippen LogP contribution in [0.3, 0.4) is 0 Å². The second kappa shape index (κ2) is 7.90. The van der Waals surface area contributed by atoms with Gasteiger partial charge in [-0.25, -0.2) is 0 Å². The van der Waals surface area contributed by atoms with Crippen molar-refractivity contribution in [3.63, 3.8) is 0 Å². The third kappa shape index (κ3) is 3.83. The molecule has 0 amide bonds. The molecule has 5 heteroatoms. The lowest BCUT2D eigenvalue weighted by atomic mass is 9.80. The highest BCUT2D eigenvalue weighted by Crippen LogP contribution is 2.37. The molecule has 0 bridgehead atoms. The van der Waals surface area contributed by atoms with Gasteiger partial charge in [-0.2, -0.15) is 4.98 Å². The van der Waals surface area contributed by atoms with Crippen molar-refractivity contribution in [2.24, 2.45) is 5.73 Å². The molecule has 1 fully saturated rings. The predicted octanol–water partition coefficient (Wildman–Crippen LogP) is 3.50. The molecule has 2 rings (SSSR count). The Labute approximate surface area is 127 Å². The smallest absolute Gasteiger partial charge is 0.234 e. The predicted molar refractivity (Wildman–Crippen MR) is 82.0 cm³/mol. The highest BCUT2D eigenvalue weighted by Gasteiger charge is 2.37. The van der Waals surface area contributed by atoms with Crippen LogP contribution >= 0.6 is 0 Å². The average molecular weight is 295 g/mol. The van der Waals surface area contributed by atoms with Crippen LogP contribution in [0.15, 0.2) is 4.52 Å². The minimum Gasteiger partial charge on any atom is -0.370 e. The topological polar surface area (TPSA) is 74.2 Å². The number of rotatable bonds is 7. The molecule has 2 N–H and O–H groups in total. The first-order chi connectivity index (χ1) is 10.3. The van der Waals surface area contributed by atoms with Crippen molar-refractivity contribution in [1.29, 1.82) is 0 Å². The van der Waals surface area contributed by atoms with Crippen molar-refractivity contribution in [1.82, 2.24) is 10.1 Å². The Balaban J connectivity index is 2.19. The fourth-order valence-electron chi connectivity index (χ4n) is 3.24. The quantitative estimate of drug-likeness (QED) is 0.779. The Morgan fingerprint density at radius 1 is 1.24 bits per heavy atom. The van der Waals surface area contributed by atoms with Gasteiger partial charge in [-0.15, -0.1) is 0 Å². The first kappa shape index (κ1) is 16.4. The molecule has 1 unspecified atom stereocenters. The number of nitrogens with two attached hydrogens (primary N) is 1. The molecule has 0 radical (unpaired) electrons. The molecular weight excluding hydrogens is 266 g/mol. The first-order valence-corrected chi connectivity index (χ1v) is 8.41. The molecule has 5 nitrogen and oxygen atoms in total. The van der Waals surface area contributed by atoms with E-state index in [1.807, 2.05) is 6.92 Å². The van der Waals surface area contributed by atoms with Gasteiger partial charge in [0.25, 0.3) is 0 Å². The summed E-state index contributed by atoms with van der Waals surface area (Å²) < 4.78 is 11.4. The Hall–Kier alpha value is -0.940. The molecule has 0 spiro atoms. The molecular formula is C16H29N3O2. The highest BCUT2D eigenvalue weighted by molar-refractivity contribution is 5.08. The van der Waals surface area contributed by atoms with E-state index < -0.39 is 0 Å². The molecule has 0 saturated heterocycles. The zero-order valence-corrected chi connectivity index (χ0v) is 13.4. The van der Waals surface area contributed by atoms with Gasteiger partial charge in [0.15, 0.2) is 0 Å². The van der Waals surface area contributed by atoms with Gasteiger partial charge in [-0.3, -0.25) is 0 Å². The molecule has 0 aliphatic heterocycles. The van der Waals surface area contributed by atoms with Crippen LogP contribution in [0.2, 0.25) is 0 Å². The molecule has 120 valence electrons. The number of hydrogen-bond acceptors (Lipinski definition) is 5. The summed E-state index contributed by atoms with van der Waals surface area (Å²) in [7, 11) is 0. The molecule has 1 aliphatic rings. The van der Waals surface area contributed by atoms with Crippen molar-refractivity contribution in [3.05, 3.63) is 11.7 Å². The summed E-state index contributed by atoms with van der Waals surface area (Å²) in [5, 5.41) is 4.19. The molecule has 1 aromatic rings. The van der Waals surface area contributed by atoms with E-state index in [9.17, 15) is 0 Å². The summed E-state index contributed by atoms with van der Waals surface area (Å²) in [6, 6.07) is 0. The van der Waals surface area contributed by atoms with Crippen LogP contribution in [0.25, 0.3) is 0 Å². The molecule has 1 atom stereocenters. The summed E-state index contributed by atoms with van der Waals surface area (Å²) in [6.45, 7) is 5.38. The lowest BCUT2D eigenvalue weighted by Gasteiger charge is -2.26. The summed E-state index contributed by atoms with van der Waals surface area (Å²) in [6.07, 6.45) is 8.95. The Morgan fingerprint density at radius 2 is 1.95 bits per heavy atom. The van der Waals surface area contributed by atoms with Gasteiger partial charge in [-0.05, 0) is 26.2 Å². The molecule has 1 aliphatic carbocycles. The van der Waals surface area contributed by atoms with E-state index in [-0.39, 0.29) is 11.5 Å². The largest absolute Gasteiger partial charge is 0.370 e. The van der Waals surface area contributed by atoms with Crippen molar-refractivity contribution >= 4 is 0 Å². The van der Waals surface area contributed by atoms with Crippen LogP contribution in [0.5, 0.6) is 0 Å². The van der Waals surface area contributed by atoms with Crippen LogP contribution in [0, 0.1) is 0 Å². The number of nitrogens with zero attached hydrogens (tertiary/aromatic N) is 2. The summed E-state index contributed by atoms with van der Waals surface area (Å²) in [5.74, 6) is 1.41. The van der Waals surface area contributed by atoms with Gasteiger partial charge in [-0.1, -0.05) is 44.2 Å². The van der Waals surface area contributed by atoms with Crippen molar-refractivity contribution < 1.29 is 9.26 Å². The molecule has 1 saturated carbocycles. The number of aromatic nitrogens is 2. The second-order valence-electron chi connectivity index (χ2n) is 6.09. The van der Waals surface area contributed by atoms with Crippen LogP contribution in [0.4, 0.5) is 0 Å². The third-order valence-corrected chi connectivity index (χ3v) is 4.55.